The lowest BCUT2D eigenvalue weighted by molar-refractivity contribution is -0.134. The molecule has 1 aliphatic rings. The minimum atomic E-state index is -1.07. The van der Waals surface area contributed by atoms with Gasteiger partial charge in [0.25, 0.3) is 0 Å². The van der Waals surface area contributed by atoms with E-state index in [1.165, 1.54) is 18.2 Å². The molecular formula is C17H15ClFN3O2. The minimum absolute atomic E-state index is 0.0859. The average molecular weight is 348 g/mol. The molecule has 3 rings (SSSR count). The number of amides is 2. The highest BCUT2D eigenvalue weighted by atomic mass is 35.5. The predicted molar refractivity (Wildman–Crippen MR) is 87.8 cm³/mol. The van der Waals surface area contributed by atoms with Gasteiger partial charge in [0.2, 0.25) is 11.8 Å². The van der Waals surface area contributed by atoms with Crippen LogP contribution in [0.25, 0.3) is 0 Å². The monoisotopic (exact) mass is 347 g/mol. The van der Waals surface area contributed by atoms with Crippen LogP contribution in [0.3, 0.4) is 0 Å². The van der Waals surface area contributed by atoms with Gasteiger partial charge < -0.3 is 10.6 Å². The third-order valence-electron chi connectivity index (χ3n) is 3.95. The summed E-state index contributed by atoms with van der Waals surface area (Å²) in [6, 6.07) is 9.29. The number of anilines is 1. The van der Waals surface area contributed by atoms with Crippen molar-refractivity contribution in [3.8, 4) is 0 Å². The molecule has 0 spiro atoms. The standard InChI is InChI=1S/C17H15ClFN3O2/c18-13-9-11(4-5-14(13)19)22-16(24)17(6-7-17)15(23)21-10-12-3-1-2-8-20-12/h1-5,8-9H,6-7,10H2,(H,21,23)(H,22,24). The van der Waals surface area contributed by atoms with E-state index in [0.29, 0.717) is 24.2 Å². The third kappa shape index (κ3) is 3.38. The minimum Gasteiger partial charge on any atom is -0.350 e. The van der Waals surface area contributed by atoms with Crippen LogP contribution >= 0.6 is 11.6 Å². The number of nitrogens with zero attached hydrogens (tertiary/aromatic N) is 1. The Balaban J connectivity index is 1.63. The molecular weight excluding hydrogens is 333 g/mol. The number of nitrogens with one attached hydrogen (secondary N) is 2. The largest absolute Gasteiger partial charge is 0.350 e. The van der Waals surface area contributed by atoms with Crippen molar-refractivity contribution in [2.45, 2.75) is 19.4 Å². The molecule has 124 valence electrons. The number of benzene rings is 1. The van der Waals surface area contributed by atoms with E-state index >= 15 is 0 Å². The van der Waals surface area contributed by atoms with E-state index in [1.807, 2.05) is 6.07 Å². The summed E-state index contributed by atoms with van der Waals surface area (Å²) in [4.78, 5) is 28.9. The Bertz CT molecular complexity index is 779. The van der Waals surface area contributed by atoms with Gasteiger partial charge in [-0.05, 0) is 43.2 Å². The molecule has 0 saturated heterocycles. The van der Waals surface area contributed by atoms with Crippen molar-refractivity contribution in [1.29, 1.82) is 0 Å². The van der Waals surface area contributed by atoms with Gasteiger partial charge in [-0.3, -0.25) is 14.6 Å². The molecule has 1 aromatic heterocycles. The molecule has 24 heavy (non-hydrogen) atoms. The van der Waals surface area contributed by atoms with Crippen LogP contribution in [-0.4, -0.2) is 16.8 Å². The average Bonchev–Trinajstić information content (AvgIpc) is 3.39. The predicted octanol–water partition coefficient (Wildman–Crippen LogP) is 2.91. The van der Waals surface area contributed by atoms with E-state index in [-0.39, 0.29) is 17.5 Å². The highest BCUT2D eigenvalue weighted by molar-refractivity contribution is 6.31. The maximum absolute atomic E-state index is 13.2. The van der Waals surface area contributed by atoms with Crippen LogP contribution in [0.1, 0.15) is 18.5 Å². The van der Waals surface area contributed by atoms with Crippen LogP contribution in [0.2, 0.25) is 5.02 Å². The first-order valence-electron chi connectivity index (χ1n) is 7.46. The summed E-state index contributed by atoms with van der Waals surface area (Å²) >= 11 is 5.69. The molecule has 7 heteroatoms. The van der Waals surface area contributed by atoms with Crippen LogP contribution in [0, 0.1) is 11.2 Å². The number of carbonyl (C=O) groups excluding carboxylic acids is 2. The zero-order valence-corrected chi connectivity index (χ0v) is 13.4. The normalized spacial score (nSPS) is 14.8. The van der Waals surface area contributed by atoms with Crippen molar-refractivity contribution in [2.24, 2.45) is 5.41 Å². The van der Waals surface area contributed by atoms with Crippen molar-refractivity contribution in [3.05, 3.63) is 59.1 Å². The Morgan fingerprint density at radius 2 is 2.00 bits per heavy atom. The molecule has 0 aliphatic heterocycles. The molecule has 0 atom stereocenters. The van der Waals surface area contributed by atoms with Crippen LogP contribution in [-0.2, 0) is 16.1 Å². The van der Waals surface area contributed by atoms with Gasteiger partial charge in [-0.1, -0.05) is 17.7 Å². The Labute approximate surface area is 143 Å². The fourth-order valence-corrected chi connectivity index (χ4v) is 2.53. The summed E-state index contributed by atoms with van der Waals surface area (Å²) in [6.07, 6.45) is 2.59. The van der Waals surface area contributed by atoms with Gasteiger partial charge in [-0.25, -0.2) is 4.39 Å². The van der Waals surface area contributed by atoms with E-state index in [4.69, 9.17) is 11.6 Å². The maximum Gasteiger partial charge on any atom is 0.240 e. The number of hydrogen-bond acceptors (Lipinski definition) is 3. The second-order valence-corrected chi connectivity index (χ2v) is 6.08. The molecule has 1 saturated carbocycles. The number of aromatic nitrogens is 1. The van der Waals surface area contributed by atoms with Crippen molar-refractivity contribution >= 4 is 29.1 Å². The first-order valence-corrected chi connectivity index (χ1v) is 7.84. The lowest BCUT2D eigenvalue weighted by atomic mass is 10.0. The molecule has 0 unspecified atom stereocenters. The highest BCUT2D eigenvalue weighted by Gasteiger charge is 2.56. The fraction of sp³-hybridized carbons (Fsp3) is 0.235. The van der Waals surface area contributed by atoms with Crippen LogP contribution in [0.5, 0.6) is 0 Å². The van der Waals surface area contributed by atoms with Crippen LogP contribution in [0.4, 0.5) is 10.1 Å². The van der Waals surface area contributed by atoms with Gasteiger partial charge in [-0.2, -0.15) is 0 Å². The molecule has 1 fully saturated rings. The Hall–Kier alpha value is -2.47. The van der Waals surface area contributed by atoms with Crippen molar-refractivity contribution in [3.63, 3.8) is 0 Å². The van der Waals surface area contributed by atoms with E-state index in [0.717, 1.165) is 0 Å². The third-order valence-corrected chi connectivity index (χ3v) is 4.24. The summed E-state index contributed by atoms with van der Waals surface area (Å²) in [6.45, 7) is 0.261. The molecule has 2 amide bonds. The molecule has 5 nitrogen and oxygen atoms in total. The zero-order valence-electron chi connectivity index (χ0n) is 12.7. The van der Waals surface area contributed by atoms with Gasteiger partial charge >= 0.3 is 0 Å². The summed E-state index contributed by atoms with van der Waals surface area (Å²) in [5, 5.41) is 5.28. The summed E-state index contributed by atoms with van der Waals surface area (Å²) in [5.41, 5.74) is -0.00194. The first kappa shape index (κ1) is 16.4. The molecule has 2 N–H and O–H groups in total. The number of pyridine rings is 1. The van der Waals surface area contributed by atoms with E-state index in [9.17, 15) is 14.0 Å². The lowest BCUT2D eigenvalue weighted by Gasteiger charge is -2.15. The summed E-state index contributed by atoms with van der Waals surface area (Å²) in [7, 11) is 0. The lowest BCUT2D eigenvalue weighted by Crippen LogP contribution is -2.39. The van der Waals surface area contributed by atoms with Gasteiger partial charge in [0.1, 0.15) is 11.2 Å². The molecule has 0 bridgehead atoms. The van der Waals surface area contributed by atoms with E-state index < -0.39 is 17.1 Å². The quantitative estimate of drug-likeness (QED) is 0.817. The Kier molecular flexibility index (Phi) is 4.49. The van der Waals surface area contributed by atoms with Crippen molar-refractivity contribution in [1.82, 2.24) is 10.3 Å². The van der Waals surface area contributed by atoms with E-state index in [2.05, 4.69) is 15.6 Å². The highest BCUT2D eigenvalue weighted by Crippen LogP contribution is 2.47. The summed E-state index contributed by atoms with van der Waals surface area (Å²) < 4.78 is 13.2. The topological polar surface area (TPSA) is 71.1 Å². The molecule has 2 aromatic rings. The second kappa shape index (κ2) is 6.57. The van der Waals surface area contributed by atoms with Crippen LogP contribution < -0.4 is 10.6 Å². The number of rotatable bonds is 5. The second-order valence-electron chi connectivity index (χ2n) is 5.67. The van der Waals surface area contributed by atoms with Crippen molar-refractivity contribution < 1.29 is 14.0 Å². The molecule has 1 aromatic carbocycles. The van der Waals surface area contributed by atoms with Gasteiger partial charge in [0.05, 0.1) is 17.3 Å². The molecule has 1 heterocycles. The van der Waals surface area contributed by atoms with Crippen molar-refractivity contribution in [2.75, 3.05) is 5.32 Å². The maximum atomic E-state index is 13.2. The van der Waals surface area contributed by atoms with Gasteiger partial charge in [0, 0.05) is 11.9 Å². The van der Waals surface area contributed by atoms with Gasteiger partial charge in [-0.15, -0.1) is 0 Å². The van der Waals surface area contributed by atoms with E-state index in [1.54, 1.807) is 18.3 Å². The summed E-state index contributed by atoms with van der Waals surface area (Å²) in [5.74, 6) is -1.31. The Morgan fingerprint density at radius 3 is 2.62 bits per heavy atom. The number of halogens is 2. The number of hydrogen-bond donors (Lipinski definition) is 2. The zero-order chi connectivity index (χ0) is 17.2. The van der Waals surface area contributed by atoms with Gasteiger partial charge in [0.15, 0.2) is 0 Å². The SMILES string of the molecule is O=C(NCc1ccccn1)C1(C(=O)Nc2ccc(F)c(Cl)c2)CC1. The van der Waals surface area contributed by atoms with Crippen LogP contribution in [0.15, 0.2) is 42.6 Å². The fourth-order valence-electron chi connectivity index (χ4n) is 2.35. The molecule has 1 aliphatic carbocycles. The molecule has 0 radical (unpaired) electrons. The smallest absolute Gasteiger partial charge is 0.240 e. The first-order chi connectivity index (χ1) is 11.5. The Morgan fingerprint density at radius 1 is 1.21 bits per heavy atom. The number of carbonyl (C=O) groups is 2.